The lowest BCUT2D eigenvalue weighted by Gasteiger charge is -2.25. The molecule has 1 atom stereocenters. The second kappa shape index (κ2) is 7.59. The lowest BCUT2D eigenvalue weighted by molar-refractivity contribution is 0.0442. The van der Waals surface area contributed by atoms with Crippen LogP contribution >= 0.6 is 0 Å². The third-order valence-electron chi connectivity index (χ3n) is 4.11. The van der Waals surface area contributed by atoms with Crippen LogP contribution in [-0.2, 0) is 10.3 Å². The molecular weight excluding hydrogens is 305 g/mol. The van der Waals surface area contributed by atoms with Gasteiger partial charge in [-0.3, -0.25) is 4.90 Å². The number of ether oxygens (including phenoxy) is 1. The predicted molar refractivity (Wildman–Crippen MR) is 90.9 cm³/mol. The zero-order valence-electron chi connectivity index (χ0n) is 13.4. The molecule has 2 aromatic carbocycles. The van der Waals surface area contributed by atoms with E-state index in [2.05, 4.69) is 16.7 Å². The van der Waals surface area contributed by atoms with Crippen molar-refractivity contribution in [3.05, 3.63) is 71.5 Å². The predicted octanol–water partition coefficient (Wildman–Crippen LogP) is 2.40. The Hall–Kier alpha value is -2.19. The van der Waals surface area contributed by atoms with E-state index in [4.69, 9.17) is 4.74 Å². The van der Waals surface area contributed by atoms with Crippen LogP contribution in [0.2, 0.25) is 0 Å². The van der Waals surface area contributed by atoms with Crippen LogP contribution in [0.3, 0.4) is 0 Å². The fourth-order valence-corrected chi connectivity index (χ4v) is 2.74. The minimum absolute atomic E-state index is 0.392. The van der Waals surface area contributed by atoms with E-state index < -0.39 is 11.4 Å². The van der Waals surface area contributed by atoms with Gasteiger partial charge >= 0.3 is 0 Å². The molecule has 3 rings (SSSR count). The van der Waals surface area contributed by atoms with Gasteiger partial charge < -0.3 is 9.84 Å². The van der Waals surface area contributed by atoms with Gasteiger partial charge in [-0.25, -0.2) is 4.39 Å². The van der Waals surface area contributed by atoms with Crippen LogP contribution in [0.1, 0.15) is 11.1 Å². The Bertz CT molecular complexity index is 732. The number of nitrogens with zero attached hydrogens (tertiary/aromatic N) is 1. The molecule has 3 nitrogen and oxygen atoms in total. The van der Waals surface area contributed by atoms with E-state index in [0.29, 0.717) is 30.9 Å². The van der Waals surface area contributed by atoms with Crippen molar-refractivity contribution in [2.75, 3.05) is 32.8 Å². The summed E-state index contributed by atoms with van der Waals surface area (Å²) in [4.78, 5) is 2.17. The fourth-order valence-electron chi connectivity index (χ4n) is 2.74. The van der Waals surface area contributed by atoms with E-state index in [9.17, 15) is 9.50 Å². The van der Waals surface area contributed by atoms with Crippen LogP contribution in [-0.4, -0.2) is 42.9 Å². The molecule has 124 valence electrons. The van der Waals surface area contributed by atoms with Gasteiger partial charge in [0.05, 0.1) is 19.8 Å². The standard InChI is InChI=1S/C20H20FNO2/c21-19-9-4-8-18(16-19)20(23,17-6-2-1-3-7-17)10-5-11-22-12-14-24-15-13-22/h1-4,6-9,16,23H,11-15H2/t20-/m1/s1. The third kappa shape index (κ3) is 3.82. The molecule has 4 heteroatoms. The molecule has 0 spiro atoms. The molecule has 1 N–H and O–H groups in total. The van der Waals surface area contributed by atoms with Gasteiger partial charge in [-0.2, -0.15) is 0 Å². The van der Waals surface area contributed by atoms with E-state index in [1.165, 1.54) is 12.1 Å². The number of aliphatic hydroxyl groups is 1. The summed E-state index contributed by atoms with van der Waals surface area (Å²) in [6, 6.07) is 15.1. The quantitative estimate of drug-likeness (QED) is 0.880. The van der Waals surface area contributed by atoms with Crippen LogP contribution in [0, 0.1) is 17.7 Å². The van der Waals surface area contributed by atoms with Crippen molar-refractivity contribution < 1.29 is 14.2 Å². The minimum Gasteiger partial charge on any atom is -0.379 e. The number of halogens is 1. The molecule has 0 unspecified atom stereocenters. The highest BCUT2D eigenvalue weighted by atomic mass is 19.1. The normalized spacial score (nSPS) is 17.6. The smallest absolute Gasteiger partial charge is 0.177 e. The van der Waals surface area contributed by atoms with Crippen molar-refractivity contribution in [2.45, 2.75) is 5.60 Å². The number of hydrogen-bond acceptors (Lipinski definition) is 3. The molecule has 1 aliphatic heterocycles. The Morgan fingerprint density at radius 2 is 1.75 bits per heavy atom. The van der Waals surface area contributed by atoms with Crippen LogP contribution in [0.4, 0.5) is 4.39 Å². The molecular formula is C20H20FNO2. The molecule has 1 aliphatic rings. The SMILES string of the molecule is O[C@](C#CCN1CCOCC1)(c1ccccc1)c1cccc(F)c1. The number of benzene rings is 2. The Morgan fingerprint density at radius 1 is 1.04 bits per heavy atom. The lowest BCUT2D eigenvalue weighted by Crippen LogP contribution is -2.36. The van der Waals surface area contributed by atoms with Gasteiger partial charge in [-0.1, -0.05) is 54.3 Å². The van der Waals surface area contributed by atoms with Crippen molar-refractivity contribution in [1.29, 1.82) is 0 Å². The monoisotopic (exact) mass is 325 g/mol. The van der Waals surface area contributed by atoms with E-state index in [1.54, 1.807) is 24.3 Å². The summed E-state index contributed by atoms with van der Waals surface area (Å²) >= 11 is 0. The average molecular weight is 325 g/mol. The van der Waals surface area contributed by atoms with Crippen molar-refractivity contribution in [3.63, 3.8) is 0 Å². The summed E-state index contributed by atoms with van der Waals surface area (Å²) in [6.45, 7) is 3.62. The Labute approximate surface area is 141 Å². The molecule has 24 heavy (non-hydrogen) atoms. The average Bonchev–Trinajstić information content (AvgIpc) is 2.63. The first-order chi connectivity index (χ1) is 11.7. The van der Waals surface area contributed by atoms with Crippen LogP contribution in [0.25, 0.3) is 0 Å². The van der Waals surface area contributed by atoms with Gasteiger partial charge in [-0.15, -0.1) is 0 Å². The van der Waals surface area contributed by atoms with Crippen LogP contribution < -0.4 is 0 Å². The van der Waals surface area contributed by atoms with Gasteiger partial charge in [0.25, 0.3) is 0 Å². The Balaban J connectivity index is 1.91. The highest BCUT2D eigenvalue weighted by Gasteiger charge is 2.29. The topological polar surface area (TPSA) is 32.7 Å². The largest absolute Gasteiger partial charge is 0.379 e. The molecule has 0 bridgehead atoms. The van der Waals surface area contributed by atoms with Crippen molar-refractivity contribution >= 4 is 0 Å². The Kier molecular flexibility index (Phi) is 5.27. The zero-order valence-corrected chi connectivity index (χ0v) is 13.4. The highest BCUT2D eigenvalue weighted by molar-refractivity contribution is 5.44. The number of hydrogen-bond donors (Lipinski definition) is 1. The van der Waals surface area contributed by atoms with E-state index >= 15 is 0 Å². The maximum Gasteiger partial charge on any atom is 0.177 e. The number of morpholine rings is 1. The summed E-state index contributed by atoms with van der Waals surface area (Å²) in [5.41, 5.74) is -0.469. The van der Waals surface area contributed by atoms with Gasteiger partial charge in [0.1, 0.15) is 5.82 Å². The fraction of sp³-hybridized carbons (Fsp3) is 0.300. The maximum atomic E-state index is 13.6. The van der Waals surface area contributed by atoms with Crippen molar-refractivity contribution in [1.82, 2.24) is 4.90 Å². The summed E-state index contributed by atoms with van der Waals surface area (Å²) in [7, 11) is 0. The van der Waals surface area contributed by atoms with E-state index in [0.717, 1.165) is 13.1 Å². The van der Waals surface area contributed by atoms with E-state index in [1.807, 2.05) is 18.2 Å². The first-order valence-corrected chi connectivity index (χ1v) is 8.02. The van der Waals surface area contributed by atoms with E-state index in [-0.39, 0.29) is 0 Å². The van der Waals surface area contributed by atoms with Crippen LogP contribution in [0.5, 0.6) is 0 Å². The van der Waals surface area contributed by atoms with Gasteiger partial charge in [0.15, 0.2) is 5.60 Å². The highest BCUT2D eigenvalue weighted by Crippen LogP contribution is 2.29. The van der Waals surface area contributed by atoms with Gasteiger partial charge in [-0.05, 0) is 12.1 Å². The molecule has 2 aromatic rings. The Morgan fingerprint density at radius 3 is 2.46 bits per heavy atom. The van der Waals surface area contributed by atoms with Gasteiger partial charge in [0, 0.05) is 24.2 Å². The van der Waals surface area contributed by atoms with Crippen LogP contribution in [0.15, 0.2) is 54.6 Å². The van der Waals surface area contributed by atoms with Crippen molar-refractivity contribution in [2.24, 2.45) is 0 Å². The second-order valence-corrected chi connectivity index (χ2v) is 5.78. The first kappa shape index (κ1) is 16.7. The third-order valence-corrected chi connectivity index (χ3v) is 4.11. The molecule has 0 radical (unpaired) electrons. The molecule has 1 heterocycles. The summed E-state index contributed by atoms with van der Waals surface area (Å²) in [5.74, 6) is 5.63. The minimum atomic E-state index is -1.53. The molecule has 0 aromatic heterocycles. The molecule has 1 fully saturated rings. The van der Waals surface area contributed by atoms with Crippen molar-refractivity contribution in [3.8, 4) is 11.8 Å². The summed E-state index contributed by atoms with van der Waals surface area (Å²) in [5, 5.41) is 11.2. The molecule has 0 aliphatic carbocycles. The second-order valence-electron chi connectivity index (χ2n) is 5.78. The first-order valence-electron chi connectivity index (χ1n) is 8.02. The molecule has 1 saturated heterocycles. The lowest BCUT2D eigenvalue weighted by atomic mass is 9.87. The molecule has 0 saturated carbocycles. The number of rotatable bonds is 3. The van der Waals surface area contributed by atoms with Gasteiger partial charge in [0.2, 0.25) is 0 Å². The maximum absolute atomic E-state index is 13.6. The summed E-state index contributed by atoms with van der Waals surface area (Å²) < 4.78 is 19.0. The summed E-state index contributed by atoms with van der Waals surface area (Å²) in [6.07, 6.45) is 0. The molecule has 0 amide bonds. The zero-order chi connectivity index (χ0) is 16.8.